The highest BCUT2D eigenvalue weighted by molar-refractivity contribution is 9.10. The second-order valence-corrected chi connectivity index (χ2v) is 11.3. The number of hydrogen-bond acceptors (Lipinski definition) is 5. The van der Waals surface area contributed by atoms with Gasteiger partial charge in [0, 0.05) is 22.4 Å². The molecule has 0 unspecified atom stereocenters. The Balaban J connectivity index is 1.50. The molecule has 1 saturated heterocycles. The number of aromatic nitrogens is 1. The maximum Gasteiger partial charge on any atom is 0.331 e. The normalized spacial score (nSPS) is 25.2. The SMILES string of the molecule is CC1(C)C[C@@H]2C[C@](C)(CN2Cn2c(O)c(N=NC(=O)c3ccco3)c3cc(Br)ccc32)C1. The second-order valence-electron chi connectivity index (χ2n) is 10.3. The Labute approximate surface area is 195 Å². The number of carbonyl (C=O) groups is 1. The van der Waals surface area contributed by atoms with Crippen molar-refractivity contribution in [2.75, 3.05) is 6.54 Å². The molecule has 0 spiro atoms. The molecule has 168 valence electrons. The highest BCUT2D eigenvalue weighted by Gasteiger charge is 2.49. The van der Waals surface area contributed by atoms with Crippen molar-refractivity contribution in [1.29, 1.82) is 0 Å². The number of likely N-dealkylation sites (tertiary alicyclic amines) is 1. The molecule has 0 radical (unpaired) electrons. The van der Waals surface area contributed by atoms with Gasteiger partial charge in [0.1, 0.15) is 0 Å². The molecule has 1 aromatic carbocycles. The summed E-state index contributed by atoms with van der Waals surface area (Å²) in [6.45, 7) is 8.67. The molecular weight excluding hydrogens is 472 g/mol. The first-order chi connectivity index (χ1) is 15.1. The van der Waals surface area contributed by atoms with Crippen molar-refractivity contribution in [2.24, 2.45) is 21.1 Å². The van der Waals surface area contributed by atoms with Gasteiger partial charge >= 0.3 is 5.91 Å². The molecule has 2 bridgehead atoms. The molecule has 2 atom stereocenters. The molecule has 2 aliphatic rings. The average molecular weight is 499 g/mol. The summed E-state index contributed by atoms with van der Waals surface area (Å²) in [6, 6.07) is 9.44. The van der Waals surface area contributed by atoms with Crippen molar-refractivity contribution in [3.8, 4) is 5.88 Å². The monoisotopic (exact) mass is 498 g/mol. The number of azo groups is 1. The molecule has 7 nitrogen and oxygen atoms in total. The van der Waals surface area contributed by atoms with E-state index in [1.165, 1.54) is 25.2 Å². The highest BCUT2D eigenvalue weighted by Crippen LogP contribution is 2.53. The van der Waals surface area contributed by atoms with Crippen LogP contribution in [0.5, 0.6) is 5.88 Å². The molecule has 3 aromatic rings. The first-order valence-electron chi connectivity index (χ1n) is 10.9. The number of fused-ring (bicyclic) bond motifs is 3. The van der Waals surface area contributed by atoms with Crippen LogP contribution in [0.25, 0.3) is 10.9 Å². The Morgan fingerprint density at radius 2 is 2.09 bits per heavy atom. The van der Waals surface area contributed by atoms with Crippen molar-refractivity contribution >= 4 is 38.4 Å². The Morgan fingerprint density at radius 1 is 1.28 bits per heavy atom. The number of halogens is 1. The lowest BCUT2D eigenvalue weighted by Gasteiger charge is -2.40. The van der Waals surface area contributed by atoms with E-state index in [1.54, 1.807) is 6.07 Å². The Bertz CT molecular complexity index is 1210. The van der Waals surface area contributed by atoms with E-state index in [4.69, 9.17) is 4.42 Å². The summed E-state index contributed by atoms with van der Waals surface area (Å²) in [4.78, 5) is 14.7. The number of nitrogens with zero attached hydrogens (tertiary/aromatic N) is 4. The van der Waals surface area contributed by atoms with Crippen LogP contribution < -0.4 is 0 Å². The topological polar surface area (TPSA) is 83.3 Å². The summed E-state index contributed by atoms with van der Waals surface area (Å²) in [5.74, 6) is -0.466. The minimum Gasteiger partial charge on any atom is -0.493 e. The largest absolute Gasteiger partial charge is 0.493 e. The molecule has 32 heavy (non-hydrogen) atoms. The Morgan fingerprint density at radius 3 is 2.84 bits per heavy atom. The van der Waals surface area contributed by atoms with Gasteiger partial charge in [0.25, 0.3) is 0 Å². The van der Waals surface area contributed by atoms with E-state index >= 15 is 0 Å². The molecule has 2 aromatic heterocycles. The molecule has 1 saturated carbocycles. The van der Waals surface area contributed by atoms with Crippen molar-refractivity contribution in [3.63, 3.8) is 0 Å². The molecule has 1 amide bonds. The number of carbonyl (C=O) groups excluding carboxylic acids is 1. The van der Waals surface area contributed by atoms with Gasteiger partial charge < -0.3 is 9.52 Å². The molecule has 3 heterocycles. The second kappa shape index (κ2) is 7.56. The standard InChI is InChI=1S/C24H27BrN4O3/c1-23(2)10-16-11-24(3,12-23)13-28(16)14-29-18-7-6-15(25)9-17(18)20(22(29)31)26-27-21(30)19-5-4-8-32-19/h4-9,16,31H,10-14H2,1-3H3/t16-,24+/m1/s1. The van der Waals surface area contributed by atoms with Gasteiger partial charge in [-0.1, -0.05) is 36.7 Å². The van der Waals surface area contributed by atoms with E-state index in [1.807, 2.05) is 22.8 Å². The Kier molecular flexibility index (Phi) is 5.05. The molecule has 1 aliphatic heterocycles. The molecule has 1 aliphatic carbocycles. The first kappa shape index (κ1) is 21.4. The quantitative estimate of drug-likeness (QED) is 0.416. The van der Waals surface area contributed by atoms with E-state index in [2.05, 4.69) is 51.8 Å². The van der Waals surface area contributed by atoms with Crippen LogP contribution in [0.2, 0.25) is 0 Å². The zero-order chi connectivity index (χ0) is 22.7. The van der Waals surface area contributed by atoms with E-state index in [9.17, 15) is 9.90 Å². The highest BCUT2D eigenvalue weighted by atomic mass is 79.9. The number of rotatable bonds is 4. The summed E-state index contributed by atoms with van der Waals surface area (Å²) in [5, 5.41) is 19.8. The van der Waals surface area contributed by atoms with Crippen molar-refractivity contribution in [2.45, 2.75) is 52.7 Å². The number of benzene rings is 1. The van der Waals surface area contributed by atoms with Crippen LogP contribution in [-0.4, -0.2) is 33.1 Å². The molecular formula is C24H27BrN4O3. The van der Waals surface area contributed by atoms with Crippen LogP contribution >= 0.6 is 15.9 Å². The minimum atomic E-state index is -0.589. The van der Waals surface area contributed by atoms with Crippen molar-refractivity contribution < 1.29 is 14.3 Å². The van der Waals surface area contributed by atoms with Gasteiger partial charge in [0.2, 0.25) is 5.88 Å². The van der Waals surface area contributed by atoms with Crippen LogP contribution in [0, 0.1) is 10.8 Å². The minimum absolute atomic E-state index is 0.0138. The van der Waals surface area contributed by atoms with E-state index in [-0.39, 0.29) is 17.3 Å². The molecule has 8 heteroatoms. The number of aromatic hydroxyl groups is 1. The van der Waals surface area contributed by atoms with Crippen LogP contribution in [0.1, 0.15) is 50.6 Å². The van der Waals surface area contributed by atoms with E-state index < -0.39 is 5.91 Å². The third-order valence-electron chi connectivity index (χ3n) is 6.79. The van der Waals surface area contributed by atoms with Gasteiger partial charge in [0.05, 0.1) is 18.4 Å². The molecule has 5 rings (SSSR count). The van der Waals surface area contributed by atoms with E-state index in [0.717, 1.165) is 28.3 Å². The third kappa shape index (κ3) is 3.79. The fraction of sp³-hybridized carbons (Fsp3) is 0.458. The maximum absolute atomic E-state index is 12.2. The average Bonchev–Trinajstić information content (AvgIpc) is 3.37. The summed E-state index contributed by atoms with van der Waals surface area (Å²) in [6.07, 6.45) is 4.97. The smallest absolute Gasteiger partial charge is 0.331 e. The van der Waals surface area contributed by atoms with Crippen LogP contribution in [0.3, 0.4) is 0 Å². The van der Waals surface area contributed by atoms with Crippen molar-refractivity contribution in [1.82, 2.24) is 9.47 Å². The van der Waals surface area contributed by atoms with Gasteiger partial charge in [0.15, 0.2) is 11.4 Å². The summed E-state index contributed by atoms with van der Waals surface area (Å²) in [7, 11) is 0. The fourth-order valence-corrected chi connectivity index (χ4v) is 6.37. The lowest BCUT2D eigenvalue weighted by molar-refractivity contribution is 0.0968. The summed E-state index contributed by atoms with van der Waals surface area (Å²) < 4.78 is 7.84. The summed E-state index contributed by atoms with van der Waals surface area (Å²) in [5.41, 5.74) is 1.77. The van der Waals surface area contributed by atoms with Gasteiger partial charge in [-0.3, -0.25) is 14.3 Å². The van der Waals surface area contributed by atoms with Crippen LogP contribution in [0.4, 0.5) is 5.69 Å². The fourth-order valence-electron chi connectivity index (χ4n) is 6.01. The maximum atomic E-state index is 12.2. The zero-order valence-electron chi connectivity index (χ0n) is 18.5. The number of hydrogen-bond donors (Lipinski definition) is 1. The number of amides is 1. The molecule has 1 N–H and O–H groups in total. The van der Waals surface area contributed by atoms with Gasteiger partial charge in [-0.2, -0.15) is 0 Å². The first-order valence-corrected chi connectivity index (χ1v) is 11.7. The lowest BCUT2D eigenvalue weighted by Crippen LogP contribution is -2.35. The predicted molar refractivity (Wildman–Crippen MR) is 125 cm³/mol. The Hall–Kier alpha value is -2.45. The lowest BCUT2D eigenvalue weighted by atomic mass is 9.65. The summed E-state index contributed by atoms with van der Waals surface area (Å²) >= 11 is 3.50. The zero-order valence-corrected chi connectivity index (χ0v) is 20.1. The van der Waals surface area contributed by atoms with Crippen LogP contribution in [0.15, 0.2) is 55.7 Å². The van der Waals surface area contributed by atoms with Gasteiger partial charge in [-0.15, -0.1) is 10.2 Å². The van der Waals surface area contributed by atoms with Gasteiger partial charge in [-0.05, 0) is 60.4 Å². The van der Waals surface area contributed by atoms with Crippen LogP contribution in [-0.2, 0) is 6.67 Å². The van der Waals surface area contributed by atoms with Crippen molar-refractivity contribution in [3.05, 3.63) is 46.8 Å². The predicted octanol–water partition coefficient (Wildman–Crippen LogP) is 6.48. The van der Waals surface area contributed by atoms with Gasteiger partial charge in [-0.25, -0.2) is 0 Å². The third-order valence-corrected chi connectivity index (χ3v) is 7.28. The molecule has 2 fully saturated rings. The number of furan rings is 1. The van der Waals surface area contributed by atoms with E-state index in [0.29, 0.717) is 23.5 Å².